The van der Waals surface area contributed by atoms with E-state index in [0.29, 0.717) is 12.8 Å². The van der Waals surface area contributed by atoms with E-state index in [1.54, 1.807) is 0 Å². The average molecular weight is 313 g/mol. The molecule has 2 unspecified atom stereocenters. The van der Waals surface area contributed by atoms with E-state index < -0.39 is 11.5 Å². The van der Waals surface area contributed by atoms with Crippen molar-refractivity contribution < 1.29 is 14.7 Å². The molecule has 3 aliphatic carbocycles. The topological polar surface area (TPSA) is 66.4 Å². The van der Waals surface area contributed by atoms with E-state index >= 15 is 0 Å². The smallest absolute Gasteiger partial charge is 0.329 e. The first kappa shape index (κ1) is 14.7. The molecule has 0 saturated heterocycles. The van der Waals surface area contributed by atoms with Crippen LogP contribution in [0.25, 0.3) is 0 Å². The van der Waals surface area contributed by atoms with Crippen LogP contribution in [0.2, 0.25) is 0 Å². The number of rotatable bonds is 3. The van der Waals surface area contributed by atoms with Crippen LogP contribution in [0.4, 0.5) is 0 Å². The number of hydrogen-bond donors (Lipinski definition) is 2. The Morgan fingerprint density at radius 2 is 1.83 bits per heavy atom. The van der Waals surface area contributed by atoms with Crippen LogP contribution < -0.4 is 5.32 Å². The molecule has 4 heteroatoms. The molecule has 4 nitrogen and oxygen atoms in total. The zero-order valence-electron chi connectivity index (χ0n) is 13.3. The number of aliphatic carboxylic acids is 1. The number of benzene rings is 1. The van der Waals surface area contributed by atoms with Crippen LogP contribution in [0.15, 0.2) is 24.3 Å². The maximum Gasteiger partial charge on any atom is 0.329 e. The summed E-state index contributed by atoms with van der Waals surface area (Å²) in [6.07, 6.45) is 7.00. The lowest BCUT2D eigenvalue weighted by Gasteiger charge is -2.29. The molecule has 0 bridgehead atoms. The summed E-state index contributed by atoms with van der Waals surface area (Å²) in [6.45, 7) is 0. The molecule has 1 aromatic rings. The molecule has 0 aromatic heterocycles. The third-order valence-corrected chi connectivity index (χ3v) is 6.24. The summed E-state index contributed by atoms with van der Waals surface area (Å²) in [7, 11) is 0. The minimum Gasteiger partial charge on any atom is -0.480 e. The summed E-state index contributed by atoms with van der Waals surface area (Å²) >= 11 is 0. The van der Waals surface area contributed by atoms with E-state index in [2.05, 4.69) is 29.6 Å². The van der Waals surface area contributed by atoms with E-state index in [4.69, 9.17) is 0 Å². The fraction of sp³-hybridized carbons (Fsp3) is 0.579. The maximum atomic E-state index is 12.8. The number of carboxylic acids is 1. The Morgan fingerprint density at radius 1 is 1.09 bits per heavy atom. The molecule has 2 fully saturated rings. The van der Waals surface area contributed by atoms with E-state index in [-0.39, 0.29) is 17.2 Å². The number of nitrogens with one attached hydrogen (secondary N) is 1. The first-order chi connectivity index (χ1) is 11.1. The lowest BCUT2D eigenvalue weighted by molar-refractivity contribution is -0.147. The van der Waals surface area contributed by atoms with Crippen molar-refractivity contribution in [2.75, 3.05) is 0 Å². The van der Waals surface area contributed by atoms with Gasteiger partial charge in [0.2, 0.25) is 5.91 Å². The maximum absolute atomic E-state index is 12.8. The lowest BCUT2D eigenvalue weighted by Crippen LogP contribution is -2.53. The van der Waals surface area contributed by atoms with Gasteiger partial charge in [-0.2, -0.15) is 0 Å². The van der Waals surface area contributed by atoms with Crippen LogP contribution >= 0.6 is 0 Å². The van der Waals surface area contributed by atoms with Gasteiger partial charge in [-0.05, 0) is 49.7 Å². The number of carbonyl (C=O) groups excluding carboxylic acids is 1. The fourth-order valence-corrected chi connectivity index (χ4v) is 4.87. The predicted octanol–water partition coefficient (Wildman–Crippen LogP) is 2.79. The summed E-state index contributed by atoms with van der Waals surface area (Å²) in [5.41, 5.74) is 1.64. The highest BCUT2D eigenvalue weighted by atomic mass is 16.4. The van der Waals surface area contributed by atoms with Crippen LogP contribution in [-0.2, 0) is 21.4 Å². The largest absolute Gasteiger partial charge is 0.480 e. The van der Waals surface area contributed by atoms with Crippen LogP contribution in [0.1, 0.15) is 56.1 Å². The molecule has 2 atom stereocenters. The summed E-state index contributed by atoms with van der Waals surface area (Å²) < 4.78 is 0. The Bertz CT molecular complexity index is 662. The average Bonchev–Trinajstić information content (AvgIpc) is 3.05. The molecule has 0 aliphatic heterocycles. The highest BCUT2D eigenvalue weighted by Crippen LogP contribution is 2.60. The highest BCUT2D eigenvalue weighted by molar-refractivity contribution is 5.91. The highest BCUT2D eigenvalue weighted by Gasteiger charge is 2.61. The van der Waals surface area contributed by atoms with E-state index in [1.165, 1.54) is 11.1 Å². The second kappa shape index (κ2) is 5.08. The third kappa shape index (κ3) is 2.19. The van der Waals surface area contributed by atoms with Crippen LogP contribution in [0, 0.1) is 5.92 Å². The third-order valence-electron chi connectivity index (χ3n) is 6.24. The number of carboxylic acid groups (broad SMARTS) is 1. The first-order valence-corrected chi connectivity index (χ1v) is 8.71. The van der Waals surface area contributed by atoms with Crippen molar-refractivity contribution in [3.8, 4) is 0 Å². The monoisotopic (exact) mass is 313 g/mol. The zero-order valence-corrected chi connectivity index (χ0v) is 13.3. The standard InChI is InChI=1S/C19H23NO3/c21-16(20-19(17(22)23)10-3-4-11-19)15-12-18(15)9-5-7-13-6-1-2-8-14(13)18/h1-2,6,8,15H,3-5,7,9-12H2,(H,20,21)(H,22,23). The van der Waals surface area contributed by atoms with Crippen LogP contribution in [0.3, 0.4) is 0 Å². The molecule has 3 aliphatic rings. The van der Waals surface area contributed by atoms with Gasteiger partial charge in [-0.3, -0.25) is 4.79 Å². The van der Waals surface area contributed by atoms with Gasteiger partial charge < -0.3 is 10.4 Å². The van der Waals surface area contributed by atoms with E-state index in [0.717, 1.165) is 38.5 Å². The molecule has 2 N–H and O–H groups in total. The molecule has 122 valence electrons. The van der Waals surface area contributed by atoms with Gasteiger partial charge in [0.05, 0.1) is 0 Å². The van der Waals surface area contributed by atoms with E-state index in [9.17, 15) is 14.7 Å². The van der Waals surface area contributed by atoms with Gasteiger partial charge >= 0.3 is 5.97 Å². The first-order valence-electron chi connectivity index (χ1n) is 8.71. The number of carbonyl (C=O) groups is 2. The van der Waals surface area contributed by atoms with Gasteiger partial charge in [0, 0.05) is 11.3 Å². The van der Waals surface area contributed by atoms with Crippen LogP contribution in [0.5, 0.6) is 0 Å². The summed E-state index contributed by atoms with van der Waals surface area (Å²) in [5, 5.41) is 12.5. The SMILES string of the molecule is O=C(NC1(C(=O)O)CCCC1)C1CC12CCCc1ccccc12. The molecule has 1 amide bonds. The Labute approximate surface area is 136 Å². The van der Waals surface area contributed by atoms with Gasteiger partial charge in [-0.15, -0.1) is 0 Å². The van der Waals surface area contributed by atoms with Gasteiger partial charge in [0.1, 0.15) is 5.54 Å². The minimum atomic E-state index is -1.02. The van der Waals surface area contributed by atoms with Crippen molar-refractivity contribution in [3.05, 3.63) is 35.4 Å². The molecular weight excluding hydrogens is 290 g/mol. The second-order valence-electron chi connectivity index (χ2n) is 7.51. The summed E-state index contributed by atoms with van der Waals surface area (Å²) in [6, 6.07) is 8.44. The Morgan fingerprint density at radius 3 is 2.57 bits per heavy atom. The molecule has 1 spiro atoms. The number of aryl methyl sites for hydroxylation is 1. The molecular formula is C19H23NO3. The van der Waals surface area contributed by atoms with Gasteiger partial charge in [0.25, 0.3) is 0 Å². The molecule has 0 radical (unpaired) electrons. The molecule has 0 heterocycles. The minimum absolute atomic E-state index is 0.0305. The fourth-order valence-electron chi connectivity index (χ4n) is 4.87. The predicted molar refractivity (Wildman–Crippen MR) is 86.1 cm³/mol. The van der Waals surface area contributed by atoms with E-state index in [1.807, 2.05) is 0 Å². The number of amides is 1. The second-order valence-corrected chi connectivity index (χ2v) is 7.51. The van der Waals surface area contributed by atoms with Crippen molar-refractivity contribution in [1.29, 1.82) is 0 Å². The summed E-state index contributed by atoms with van der Waals surface area (Å²) in [4.78, 5) is 24.4. The van der Waals surface area contributed by atoms with Gasteiger partial charge in [-0.1, -0.05) is 37.1 Å². The van der Waals surface area contributed by atoms with Crippen LogP contribution in [-0.4, -0.2) is 22.5 Å². The lowest BCUT2D eigenvalue weighted by atomic mass is 9.78. The van der Waals surface area contributed by atoms with Gasteiger partial charge in [-0.25, -0.2) is 4.79 Å². The Balaban J connectivity index is 1.55. The molecule has 4 rings (SSSR count). The number of hydrogen-bond acceptors (Lipinski definition) is 2. The Kier molecular flexibility index (Phi) is 3.26. The van der Waals surface area contributed by atoms with Crippen molar-refractivity contribution >= 4 is 11.9 Å². The Hall–Kier alpha value is -1.84. The number of fused-ring (bicyclic) bond motifs is 2. The quantitative estimate of drug-likeness (QED) is 0.902. The summed E-state index contributed by atoms with van der Waals surface area (Å²) in [5.74, 6) is -0.978. The van der Waals surface area contributed by atoms with Crippen molar-refractivity contribution in [2.24, 2.45) is 5.92 Å². The van der Waals surface area contributed by atoms with Gasteiger partial charge in [0.15, 0.2) is 0 Å². The normalized spacial score (nSPS) is 30.7. The van der Waals surface area contributed by atoms with Crippen molar-refractivity contribution in [2.45, 2.75) is 62.3 Å². The zero-order chi connectivity index (χ0) is 16.1. The molecule has 1 aromatic carbocycles. The van der Waals surface area contributed by atoms with Crippen molar-refractivity contribution in [3.63, 3.8) is 0 Å². The molecule has 2 saturated carbocycles. The molecule has 23 heavy (non-hydrogen) atoms. The van der Waals surface area contributed by atoms with Crippen molar-refractivity contribution in [1.82, 2.24) is 5.32 Å².